The van der Waals surface area contributed by atoms with Gasteiger partial charge in [0.15, 0.2) is 11.5 Å². The Balaban J connectivity index is 2.10. The summed E-state index contributed by atoms with van der Waals surface area (Å²) in [5.41, 5.74) is 6.68. The molecular formula is C16H12ClN5O3. The van der Waals surface area contributed by atoms with E-state index in [0.29, 0.717) is 22.1 Å². The summed E-state index contributed by atoms with van der Waals surface area (Å²) < 4.78 is 11.8. The largest absolute Gasteiger partial charge is 0.454 e. The number of hydrogen-bond donors (Lipinski definition) is 2. The first kappa shape index (κ1) is 16.7. The van der Waals surface area contributed by atoms with Crippen LogP contribution in [-0.4, -0.2) is 28.3 Å². The summed E-state index contributed by atoms with van der Waals surface area (Å²) in [4.78, 5) is 0. The molecule has 8 nitrogen and oxygen atoms in total. The van der Waals surface area contributed by atoms with Crippen molar-refractivity contribution in [1.82, 2.24) is 9.78 Å². The number of benzene rings is 1. The molecule has 0 unspecified atom stereocenters. The van der Waals surface area contributed by atoms with E-state index >= 15 is 0 Å². The number of allylic oxidation sites excluding steroid dienone is 1. The maximum Gasteiger partial charge on any atom is 0.231 e. The minimum absolute atomic E-state index is 0.0677. The number of nitrogens with zero attached hydrogens (tertiary/aromatic N) is 4. The maximum absolute atomic E-state index is 9.51. The molecule has 0 spiro atoms. The topological polar surface area (TPSA) is 130 Å². The van der Waals surface area contributed by atoms with Crippen molar-refractivity contribution in [3.63, 3.8) is 0 Å². The molecule has 1 aliphatic rings. The summed E-state index contributed by atoms with van der Waals surface area (Å²) in [6, 6.07) is 7.18. The molecule has 0 fully saturated rings. The summed E-state index contributed by atoms with van der Waals surface area (Å²) in [7, 11) is 0. The first-order valence-electron chi connectivity index (χ1n) is 7.17. The van der Waals surface area contributed by atoms with Gasteiger partial charge in [0.25, 0.3) is 0 Å². The smallest absolute Gasteiger partial charge is 0.231 e. The predicted octanol–water partition coefficient (Wildman–Crippen LogP) is 1.78. The van der Waals surface area contributed by atoms with Crippen LogP contribution in [0.25, 0.3) is 11.6 Å². The number of nitrogen functional groups attached to an aromatic ring is 1. The van der Waals surface area contributed by atoms with Gasteiger partial charge < -0.3 is 20.3 Å². The standard InChI is InChI=1S/C16H12ClN5O3/c17-12-5-14-13(24-8-25-14)4-9(12)3-10(6-18)15-11(7-19)16(20)22(21-15)1-2-23/h3-5,23H,1-2,8,20H2. The molecule has 0 radical (unpaired) electrons. The lowest BCUT2D eigenvalue weighted by molar-refractivity contribution is 0.174. The molecule has 0 bridgehead atoms. The Morgan fingerprint density at radius 2 is 2.12 bits per heavy atom. The number of hydrogen-bond acceptors (Lipinski definition) is 7. The third kappa shape index (κ3) is 2.96. The molecule has 0 amide bonds. The fourth-order valence-electron chi connectivity index (χ4n) is 2.39. The molecule has 9 heteroatoms. The Bertz CT molecular complexity index is 952. The van der Waals surface area contributed by atoms with Crippen LogP contribution in [0.2, 0.25) is 5.02 Å². The molecule has 0 aliphatic carbocycles. The molecule has 3 rings (SSSR count). The third-order valence-corrected chi connectivity index (χ3v) is 3.91. The molecule has 1 aromatic heterocycles. The average molecular weight is 358 g/mol. The molecule has 1 aromatic carbocycles. The highest BCUT2D eigenvalue weighted by Gasteiger charge is 2.20. The van der Waals surface area contributed by atoms with Gasteiger partial charge >= 0.3 is 0 Å². The Morgan fingerprint density at radius 3 is 2.76 bits per heavy atom. The lowest BCUT2D eigenvalue weighted by atomic mass is 10.1. The van der Waals surface area contributed by atoms with Crippen molar-refractivity contribution in [2.75, 3.05) is 19.1 Å². The van der Waals surface area contributed by atoms with E-state index in [-0.39, 0.29) is 42.6 Å². The van der Waals surface area contributed by atoms with E-state index in [4.69, 9.17) is 31.9 Å². The van der Waals surface area contributed by atoms with Crippen molar-refractivity contribution < 1.29 is 14.6 Å². The molecule has 1 aliphatic heterocycles. The van der Waals surface area contributed by atoms with Crippen molar-refractivity contribution in [3.8, 4) is 23.6 Å². The fourth-order valence-corrected chi connectivity index (χ4v) is 2.60. The second kappa shape index (κ2) is 6.73. The summed E-state index contributed by atoms with van der Waals surface area (Å²) in [5, 5.41) is 32.4. The minimum Gasteiger partial charge on any atom is -0.454 e. The van der Waals surface area contributed by atoms with Crippen LogP contribution in [-0.2, 0) is 6.54 Å². The van der Waals surface area contributed by atoms with Crippen molar-refractivity contribution in [3.05, 3.63) is 34.0 Å². The van der Waals surface area contributed by atoms with Crippen LogP contribution >= 0.6 is 11.6 Å². The minimum atomic E-state index is -0.199. The maximum atomic E-state index is 9.51. The van der Waals surface area contributed by atoms with Gasteiger partial charge in [-0.1, -0.05) is 11.6 Å². The van der Waals surface area contributed by atoms with Crippen LogP contribution in [0, 0.1) is 22.7 Å². The summed E-state index contributed by atoms with van der Waals surface area (Å²) in [6.07, 6.45) is 1.50. The first-order chi connectivity index (χ1) is 12.1. The lowest BCUT2D eigenvalue weighted by Gasteiger charge is -2.03. The Kier molecular flexibility index (Phi) is 4.48. The van der Waals surface area contributed by atoms with E-state index in [1.54, 1.807) is 12.1 Å². The molecule has 126 valence electrons. The zero-order valence-electron chi connectivity index (χ0n) is 12.9. The molecule has 2 aromatic rings. The highest BCUT2D eigenvalue weighted by atomic mass is 35.5. The third-order valence-electron chi connectivity index (χ3n) is 3.58. The highest BCUT2D eigenvalue weighted by molar-refractivity contribution is 6.32. The molecule has 0 atom stereocenters. The van der Waals surface area contributed by atoms with Crippen LogP contribution in [0.1, 0.15) is 16.8 Å². The van der Waals surface area contributed by atoms with Crippen molar-refractivity contribution in [2.24, 2.45) is 0 Å². The average Bonchev–Trinajstić information content (AvgIpc) is 3.17. The van der Waals surface area contributed by atoms with Crippen LogP contribution < -0.4 is 15.2 Å². The Labute approximate surface area is 147 Å². The number of anilines is 1. The van der Waals surface area contributed by atoms with Gasteiger partial charge in [-0.25, -0.2) is 4.68 Å². The number of aliphatic hydroxyl groups excluding tert-OH is 1. The normalized spacial score (nSPS) is 12.7. The molecule has 0 saturated carbocycles. The highest BCUT2D eigenvalue weighted by Crippen LogP contribution is 2.38. The van der Waals surface area contributed by atoms with Crippen LogP contribution in [0.3, 0.4) is 0 Å². The fraction of sp³-hybridized carbons (Fsp3) is 0.188. The molecular weight excluding hydrogens is 346 g/mol. The second-order valence-electron chi connectivity index (χ2n) is 5.06. The SMILES string of the molecule is N#CC(=Cc1cc2c(cc1Cl)OCO2)c1nn(CCO)c(N)c1C#N. The number of aromatic nitrogens is 2. The zero-order chi connectivity index (χ0) is 18.0. The summed E-state index contributed by atoms with van der Waals surface area (Å²) >= 11 is 6.22. The van der Waals surface area contributed by atoms with Gasteiger partial charge in [-0.2, -0.15) is 15.6 Å². The number of nitrogens with two attached hydrogens (primary N) is 1. The van der Waals surface area contributed by atoms with Gasteiger partial charge in [0.2, 0.25) is 6.79 Å². The summed E-state index contributed by atoms with van der Waals surface area (Å²) in [6.45, 7) is 0.0183. The number of halogens is 1. The summed E-state index contributed by atoms with van der Waals surface area (Å²) in [5.74, 6) is 1.12. The van der Waals surface area contributed by atoms with E-state index in [0.717, 1.165) is 0 Å². The van der Waals surface area contributed by atoms with Crippen LogP contribution in [0.5, 0.6) is 11.5 Å². The van der Waals surface area contributed by atoms with E-state index in [1.165, 1.54) is 10.8 Å². The Hall–Kier alpha value is -3.20. The zero-order valence-corrected chi connectivity index (χ0v) is 13.6. The monoisotopic (exact) mass is 357 g/mol. The number of ether oxygens (including phenoxy) is 2. The van der Waals surface area contributed by atoms with E-state index in [2.05, 4.69) is 5.10 Å². The van der Waals surface area contributed by atoms with Gasteiger partial charge in [-0.3, -0.25) is 0 Å². The van der Waals surface area contributed by atoms with E-state index in [9.17, 15) is 10.5 Å². The van der Waals surface area contributed by atoms with Crippen molar-refractivity contribution >= 4 is 29.1 Å². The van der Waals surface area contributed by atoms with Crippen LogP contribution in [0.15, 0.2) is 12.1 Å². The molecule has 3 N–H and O–H groups in total. The van der Waals surface area contributed by atoms with Gasteiger partial charge in [0.1, 0.15) is 29.2 Å². The van der Waals surface area contributed by atoms with E-state index < -0.39 is 0 Å². The number of rotatable bonds is 4. The van der Waals surface area contributed by atoms with Crippen molar-refractivity contribution in [2.45, 2.75) is 6.54 Å². The predicted molar refractivity (Wildman–Crippen MR) is 89.5 cm³/mol. The quantitative estimate of drug-likeness (QED) is 0.797. The molecule has 0 saturated heterocycles. The number of aliphatic hydroxyl groups is 1. The second-order valence-corrected chi connectivity index (χ2v) is 5.47. The molecule has 2 heterocycles. The van der Waals surface area contributed by atoms with Gasteiger partial charge in [-0.05, 0) is 17.7 Å². The number of fused-ring (bicyclic) bond motifs is 1. The number of nitriles is 2. The van der Waals surface area contributed by atoms with E-state index in [1.807, 2.05) is 12.1 Å². The molecule has 25 heavy (non-hydrogen) atoms. The van der Waals surface area contributed by atoms with Crippen molar-refractivity contribution in [1.29, 1.82) is 10.5 Å². The van der Waals surface area contributed by atoms with Gasteiger partial charge in [0.05, 0.1) is 23.7 Å². The lowest BCUT2D eigenvalue weighted by Crippen LogP contribution is -2.07. The van der Waals surface area contributed by atoms with Gasteiger partial charge in [-0.15, -0.1) is 0 Å². The van der Waals surface area contributed by atoms with Gasteiger partial charge in [0, 0.05) is 6.07 Å². The van der Waals surface area contributed by atoms with Crippen LogP contribution in [0.4, 0.5) is 5.82 Å². The Morgan fingerprint density at radius 1 is 1.40 bits per heavy atom. The first-order valence-corrected chi connectivity index (χ1v) is 7.55.